The first-order valence-electron chi connectivity index (χ1n) is 14.7. The Hall–Kier alpha value is -4.53. The summed E-state index contributed by atoms with van der Waals surface area (Å²) >= 11 is 0. The van der Waals surface area contributed by atoms with Gasteiger partial charge in [-0.1, -0.05) is 51.3 Å². The van der Waals surface area contributed by atoms with Crippen molar-refractivity contribution in [1.82, 2.24) is 0 Å². The third kappa shape index (κ3) is 14.8. The molecule has 0 aromatic heterocycles. The van der Waals surface area contributed by atoms with Gasteiger partial charge in [-0.05, 0) is 67.8 Å². The quantitative estimate of drug-likeness (QED) is 0.0344. The van der Waals surface area contributed by atoms with E-state index >= 15 is 0 Å². The van der Waals surface area contributed by atoms with Crippen molar-refractivity contribution in [3.63, 3.8) is 0 Å². The number of carbonyl (C=O) groups is 3. The molecule has 9 heteroatoms. The van der Waals surface area contributed by atoms with Gasteiger partial charge in [-0.3, -0.25) is 0 Å². The Kier molecular flexibility index (Phi) is 17.1. The van der Waals surface area contributed by atoms with Gasteiger partial charge in [0.1, 0.15) is 13.2 Å². The van der Waals surface area contributed by atoms with Gasteiger partial charge in [0.15, 0.2) is 0 Å². The summed E-state index contributed by atoms with van der Waals surface area (Å²) in [5.74, 6) is -1.36. The van der Waals surface area contributed by atoms with Gasteiger partial charge in [0.05, 0.1) is 36.6 Å². The highest BCUT2D eigenvalue weighted by Crippen LogP contribution is 2.23. The lowest BCUT2D eigenvalue weighted by atomic mass is 10.1. The van der Waals surface area contributed by atoms with E-state index in [1.165, 1.54) is 25.7 Å². The molecule has 0 N–H and O–H groups in total. The van der Waals surface area contributed by atoms with Crippen LogP contribution in [0.5, 0.6) is 0 Å². The van der Waals surface area contributed by atoms with Crippen LogP contribution in [0.3, 0.4) is 0 Å². The molecule has 0 aliphatic heterocycles. The number of rotatable bonds is 22. The van der Waals surface area contributed by atoms with E-state index < -0.39 is 11.9 Å². The summed E-state index contributed by atoms with van der Waals surface area (Å²) in [6.45, 7) is 12.0. The van der Waals surface area contributed by atoms with E-state index in [0.717, 1.165) is 43.5 Å². The highest BCUT2D eigenvalue weighted by Gasteiger charge is 2.10. The number of hydrogen-bond acceptors (Lipinski definition) is 9. The maximum atomic E-state index is 12.3. The van der Waals surface area contributed by atoms with E-state index in [1.807, 2.05) is 23.1 Å². The Morgan fingerprint density at radius 1 is 0.628 bits per heavy atom. The van der Waals surface area contributed by atoms with Crippen LogP contribution in [0.2, 0.25) is 0 Å². The van der Waals surface area contributed by atoms with Crippen molar-refractivity contribution in [2.24, 2.45) is 10.2 Å². The Morgan fingerprint density at radius 3 is 1.63 bits per heavy atom. The maximum absolute atomic E-state index is 12.3. The molecule has 0 aliphatic rings. The minimum absolute atomic E-state index is 0.141. The minimum Gasteiger partial charge on any atom is -0.462 e. The largest absolute Gasteiger partial charge is 0.462 e. The molecule has 230 valence electrons. The van der Waals surface area contributed by atoms with Gasteiger partial charge in [-0.25, -0.2) is 14.4 Å². The number of unbranched alkanes of at least 4 members (excludes halogenated alkanes) is 7. The highest BCUT2D eigenvalue weighted by atomic mass is 16.5. The molecule has 2 aromatic rings. The molecule has 0 amide bonds. The van der Waals surface area contributed by atoms with Gasteiger partial charge < -0.3 is 19.1 Å². The predicted octanol–water partition coefficient (Wildman–Crippen LogP) is 7.83. The molecular formula is C34H43N3O6. The van der Waals surface area contributed by atoms with Crippen LogP contribution < -0.4 is 4.90 Å². The first-order valence-corrected chi connectivity index (χ1v) is 14.7. The van der Waals surface area contributed by atoms with E-state index in [2.05, 4.69) is 30.0 Å². The lowest BCUT2D eigenvalue weighted by Gasteiger charge is -2.24. The van der Waals surface area contributed by atoms with Crippen molar-refractivity contribution in [3.05, 3.63) is 92.1 Å². The second kappa shape index (κ2) is 21.2. The highest BCUT2D eigenvalue weighted by molar-refractivity contribution is 5.89. The first kappa shape index (κ1) is 34.7. The molecule has 0 spiro atoms. The van der Waals surface area contributed by atoms with Crippen molar-refractivity contribution in [1.29, 1.82) is 0 Å². The zero-order valence-electron chi connectivity index (χ0n) is 25.0. The van der Waals surface area contributed by atoms with Crippen LogP contribution in [-0.4, -0.2) is 50.8 Å². The summed E-state index contributed by atoms with van der Waals surface area (Å²) in [7, 11) is 0. The maximum Gasteiger partial charge on any atom is 0.338 e. The van der Waals surface area contributed by atoms with E-state index in [0.29, 0.717) is 36.6 Å². The van der Waals surface area contributed by atoms with Gasteiger partial charge in [0, 0.05) is 17.8 Å². The van der Waals surface area contributed by atoms with Crippen molar-refractivity contribution < 1.29 is 28.6 Å². The lowest BCUT2D eigenvalue weighted by molar-refractivity contribution is -0.137. The molecule has 0 bridgehead atoms. The summed E-state index contributed by atoms with van der Waals surface area (Å²) in [5, 5.41) is 8.53. The Morgan fingerprint density at radius 2 is 1.12 bits per heavy atom. The second-order valence-electron chi connectivity index (χ2n) is 9.68. The molecular weight excluding hydrogens is 546 g/mol. The third-order valence-electron chi connectivity index (χ3n) is 6.43. The average molecular weight is 590 g/mol. The van der Waals surface area contributed by atoms with Crippen molar-refractivity contribution >= 4 is 35.0 Å². The summed E-state index contributed by atoms with van der Waals surface area (Å²) in [5.41, 5.74) is 2.53. The van der Waals surface area contributed by atoms with Crippen molar-refractivity contribution in [2.75, 3.05) is 37.8 Å². The lowest BCUT2D eigenvalue weighted by Crippen LogP contribution is -2.31. The SMILES string of the molecule is C=CCCCCCCCCCOC(=O)c1ccc(N=Nc2ccc(N(CCOC(=O)C=C)CCOC(=O)C=C)cc2)cc1. The molecule has 2 aromatic carbocycles. The van der Waals surface area contributed by atoms with E-state index in [9.17, 15) is 14.4 Å². The normalized spacial score (nSPS) is 10.6. The number of anilines is 1. The number of esters is 3. The molecule has 0 aliphatic carbocycles. The van der Waals surface area contributed by atoms with Crippen LogP contribution in [0.4, 0.5) is 17.1 Å². The zero-order chi connectivity index (χ0) is 31.1. The summed E-state index contributed by atoms with van der Waals surface area (Å²) < 4.78 is 15.6. The summed E-state index contributed by atoms with van der Waals surface area (Å²) in [6.07, 6.45) is 13.3. The fourth-order valence-corrected chi connectivity index (χ4v) is 4.03. The van der Waals surface area contributed by atoms with Gasteiger partial charge >= 0.3 is 17.9 Å². The monoisotopic (exact) mass is 589 g/mol. The standard InChI is InChI=1S/C34H43N3O6/c1-4-7-8-9-10-11-12-13-14-25-43-34(40)28-15-17-29(18-16-28)35-36-30-19-21-31(22-20-30)37(23-26-41-32(38)5-2)24-27-42-33(39)6-3/h4-6,15-22H,1-3,7-14,23-27H2. The van der Waals surface area contributed by atoms with Gasteiger partial charge in [-0.2, -0.15) is 10.2 Å². The molecule has 0 radical (unpaired) electrons. The van der Waals surface area contributed by atoms with Crippen LogP contribution in [0.1, 0.15) is 61.7 Å². The Bertz CT molecular complexity index is 1170. The predicted molar refractivity (Wildman–Crippen MR) is 169 cm³/mol. The Balaban J connectivity index is 1.82. The van der Waals surface area contributed by atoms with E-state index in [4.69, 9.17) is 14.2 Å². The van der Waals surface area contributed by atoms with Gasteiger partial charge in [0.2, 0.25) is 0 Å². The van der Waals surface area contributed by atoms with E-state index in [1.54, 1.807) is 36.4 Å². The van der Waals surface area contributed by atoms with Crippen molar-refractivity contribution in [3.8, 4) is 0 Å². The molecule has 0 saturated heterocycles. The zero-order valence-corrected chi connectivity index (χ0v) is 25.0. The fourth-order valence-electron chi connectivity index (χ4n) is 4.03. The molecule has 0 heterocycles. The third-order valence-corrected chi connectivity index (χ3v) is 6.43. The van der Waals surface area contributed by atoms with Crippen LogP contribution in [0.15, 0.2) is 96.7 Å². The smallest absolute Gasteiger partial charge is 0.338 e. The molecule has 2 rings (SSSR count). The topological polar surface area (TPSA) is 107 Å². The molecule has 9 nitrogen and oxygen atoms in total. The van der Waals surface area contributed by atoms with Crippen LogP contribution in [-0.2, 0) is 23.8 Å². The molecule has 0 saturated carbocycles. The van der Waals surface area contributed by atoms with Crippen molar-refractivity contribution in [2.45, 2.75) is 51.4 Å². The molecule has 0 atom stereocenters. The number of ether oxygens (including phenoxy) is 3. The summed E-state index contributed by atoms with van der Waals surface area (Å²) in [4.78, 5) is 37.0. The Labute approximate surface area is 254 Å². The number of carbonyl (C=O) groups excluding carboxylic acids is 3. The molecule has 0 unspecified atom stereocenters. The number of nitrogens with zero attached hydrogens (tertiary/aromatic N) is 3. The molecule has 0 fully saturated rings. The number of hydrogen-bond donors (Lipinski definition) is 0. The minimum atomic E-state index is -0.509. The fraction of sp³-hybridized carbons (Fsp3) is 0.382. The first-order chi connectivity index (χ1) is 21.0. The van der Waals surface area contributed by atoms with Crippen LogP contribution >= 0.6 is 0 Å². The summed E-state index contributed by atoms with van der Waals surface area (Å²) in [6, 6.07) is 14.1. The van der Waals surface area contributed by atoms with Crippen LogP contribution in [0, 0.1) is 0 Å². The van der Waals surface area contributed by atoms with Gasteiger partial charge in [-0.15, -0.1) is 6.58 Å². The van der Waals surface area contributed by atoms with Crippen LogP contribution in [0.25, 0.3) is 0 Å². The number of azo groups is 1. The molecule has 43 heavy (non-hydrogen) atoms. The van der Waals surface area contributed by atoms with Gasteiger partial charge in [0.25, 0.3) is 0 Å². The number of benzene rings is 2. The number of allylic oxidation sites excluding steroid dienone is 1. The van der Waals surface area contributed by atoms with E-state index in [-0.39, 0.29) is 19.2 Å². The second-order valence-corrected chi connectivity index (χ2v) is 9.68. The average Bonchev–Trinajstić information content (AvgIpc) is 3.04.